The van der Waals surface area contributed by atoms with Gasteiger partial charge in [-0.2, -0.15) is 0 Å². The summed E-state index contributed by atoms with van der Waals surface area (Å²) in [5, 5.41) is 9.39. The normalized spacial score (nSPS) is 22.8. The molecule has 1 aliphatic carbocycles. The number of hydrogen-bond acceptors (Lipinski definition) is 1. The number of hydrogen-bond donors (Lipinski definition) is 1. The molecule has 0 saturated carbocycles. The first-order valence-electron chi connectivity index (χ1n) is 5.78. The third-order valence-electron chi connectivity index (χ3n) is 2.83. The van der Waals surface area contributed by atoms with Crippen LogP contribution >= 0.6 is 0 Å². The minimum Gasteiger partial charge on any atom is -0.389 e. The minimum atomic E-state index is -0.279. The quantitative estimate of drug-likeness (QED) is 0.733. The van der Waals surface area contributed by atoms with Crippen molar-refractivity contribution in [3.8, 4) is 0 Å². The van der Waals surface area contributed by atoms with Crippen molar-refractivity contribution in [1.82, 2.24) is 0 Å². The molecule has 86 valence electrons. The van der Waals surface area contributed by atoms with Gasteiger partial charge in [-0.25, -0.2) is 0 Å². The molecule has 1 N–H and O–H groups in total. The average molecular weight is 208 g/mol. The van der Waals surface area contributed by atoms with E-state index in [-0.39, 0.29) is 11.5 Å². The van der Waals surface area contributed by atoms with E-state index in [1.54, 1.807) is 0 Å². The van der Waals surface area contributed by atoms with Gasteiger partial charge in [0, 0.05) is 0 Å². The van der Waals surface area contributed by atoms with Crippen molar-refractivity contribution >= 4 is 0 Å². The number of aliphatic hydroxyl groups is 1. The summed E-state index contributed by atoms with van der Waals surface area (Å²) in [5.74, 6) is 0. The van der Waals surface area contributed by atoms with Gasteiger partial charge in [-0.1, -0.05) is 52.8 Å². The van der Waals surface area contributed by atoms with Gasteiger partial charge in [-0.15, -0.1) is 0 Å². The molecule has 1 aliphatic rings. The van der Waals surface area contributed by atoms with Crippen LogP contribution in [0.15, 0.2) is 23.8 Å². The molecule has 0 saturated heterocycles. The predicted octanol–water partition coefficient (Wildman–Crippen LogP) is 3.70. The maximum absolute atomic E-state index is 9.39. The van der Waals surface area contributed by atoms with Crippen molar-refractivity contribution in [3.63, 3.8) is 0 Å². The summed E-state index contributed by atoms with van der Waals surface area (Å²) in [7, 11) is 0. The second-order valence-corrected chi connectivity index (χ2v) is 6.44. The van der Waals surface area contributed by atoms with Crippen molar-refractivity contribution in [2.45, 2.75) is 53.6 Å². The zero-order valence-electron chi connectivity index (χ0n) is 10.7. The van der Waals surface area contributed by atoms with Crippen molar-refractivity contribution < 1.29 is 5.11 Å². The van der Waals surface area contributed by atoms with Crippen molar-refractivity contribution in [2.75, 3.05) is 0 Å². The molecule has 0 spiro atoms. The van der Waals surface area contributed by atoms with Crippen LogP contribution in [-0.2, 0) is 0 Å². The molecule has 1 atom stereocenters. The Bertz CT molecular complexity index is 276. The van der Waals surface area contributed by atoms with Crippen LogP contribution in [0, 0.1) is 10.8 Å². The minimum absolute atomic E-state index is 0.203. The third kappa shape index (κ3) is 3.83. The predicted molar refractivity (Wildman–Crippen MR) is 65.7 cm³/mol. The molecule has 0 aromatic rings. The molecule has 15 heavy (non-hydrogen) atoms. The average Bonchev–Trinajstić information content (AvgIpc) is 2.00. The van der Waals surface area contributed by atoms with E-state index in [0.29, 0.717) is 5.41 Å². The number of aliphatic hydroxyl groups excluding tert-OH is 1. The maximum Gasteiger partial charge on any atom is 0.0758 e. The van der Waals surface area contributed by atoms with Crippen LogP contribution in [0.25, 0.3) is 0 Å². The van der Waals surface area contributed by atoms with Crippen LogP contribution in [0.1, 0.15) is 47.5 Å². The SMILES string of the molecule is CC(C)(C)CC(C)(C)C1=CC[C@H](O)C=C1. The first-order valence-corrected chi connectivity index (χ1v) is 5.78. The Kier molecular flexibility index (Phi) is 3.44. The molecule has 0 amide bonds. The van der Waals surface area contributed by atoms with E-state index < -0.39 is 0 Å². The van der Waals surface area contributed by atoms with Crippen LogP contribution in [0.3, 0.4) is 0 Å². The van der Waals surface area contributed by atoms with E-state index >= 15 is 0 Å². The van der Waals surface area contributed by atoms with E-state index in [9.17, 15) is 5.11 Å². The van der Waals surface area contributed by atoms with Crippen LogP contribution in [0.4, 0.5) is 0 Å². The van der Waals surface area contributed by atoms with Crippen LogP contribution in [-0.4, -0.2) is 11.2 Å². The van der Waals surface area contributed by atoms with Crippen molar-refractivity contribution in [2.24, 2.45) is 10.8 Å². The number of rotatable bonds is 2. The molecule has 0 aromatic heterocycles. The van der Waals surface area contributed by atoms with Crippen molar-refractivity contribution in [3.05, 3.63) is 23.8 Å². The smallest absolute Gasteiger partial charge is 0.0758 e. The lowest BCUT2D eigenvalue weighted by atomic mass is 9.71. The Labute approximate surface area is 93.9 Å². The topological polar surface area (TPSA) is 20.2 Å². The zero-order valence-corrected chi connectivity index (χ0v) is 10.7. The highest BCUT2D eigenvalue weighted by Crippen LogP contribution is 2.40. The summed E-state index contributed by atoms with van der Waals surface area (Å²) in [6.45, 7) is 11.4. The van der Waals surface area contributed by atoms with E-state index in [2.05, 4.69) is 46.8 Å². The van der Waals surface area contributed by atoms with Gasteiger partial charge in [0.05, 0.1) is 6.10 Å². The van der Waals surface area contributed by atoms with Gasteiger partial charge in [0.2, 0.25) is 0 Å². The van der Waals surface area contributed by atoms with Gasteiger partial charge in [0.1, 0.15) is 0 Å². The zero-order chi connectivity index (χ0) is 11.7. The molecule has 1 heteroatoms. The summed E-state index contributed by atoms with van der Waals surface area (Å²) in [6.07, 6.45) is 7.81. The first-order chi connectivity index (χ1) is 6.71. The first kappa shape index (κ1) is 12.5. The molecule has 0 aromatic carbocycles. The van der Waals surface area contributed by atoms with E-state index in [1.807, 2.05) is 6.08 Å². The molecule has 0 unspecified atom stereocenters. The molecule has 0 heterocycles. The highest BCUT2D eigenvalue weighted by Gasteiger charge is 2.28. The van der Waals surface area contributed by atoms with E-state index in [0.717, 1.165) is 12.8 Å². The molecule has 0 radical (unpaired) electrons. The molecule has 1 nitrogen and oxygen atoms in total. The fraction of sp³-hybridized carbons (Fsp3) is 0.714. The summed E-state index contributed by atoms with van der Waals surface area (Å²) in [6, 6.07) is 0. The molecular weight excluding hydrogens is 184 g/mol. The summed E-state index contributed by atoms with van der Waals surface area (Å²) in [4.78, 5) is 0. The Morgan fingerprint density at radius 1 is 1.27 bits per heavy atom. The van der Waals surface area contributed by atoms with Gasteiger partial charge in [0.25, 0.3) is 0 Å². The molecule has 0 fully saturated rings. The lowest BCUT2D eigenvalue weighted by Crippen LogP contribution is -2.23. The Morgan fingerprint density at radius 2 is 1.87 bits per heavy atom. The summed E-state index contributed by atoms with van der Waals surface area (Å²) < 4.78 is 0. The third-order valence-corrected chi connectivity index (χ3v) is 2.83. The van der Waals surface area contributed by atoms with E-state index in [4.69, 9.17) is 0 Å². The van der Waals surface area contributed by atoms with Crippen LogP contribution in [0.5, 0.6) is 0 Å². The lowest BCUT2D eigenvalue weighted by Gasteiger charge is -2.34. The molecule has 1 rings (SSSR count). The molecular formula is C14H24O. The highest BCUT2D eigenvalue weighted by molar-refractivity contribution is 5.30. The van der Waals surface area contributed by atoms with Gasteiger partial charge >= 0.3 is 0 Å². The van der Waals surface area contributed by atoms with Gasteiger partial charge in [-0.05, 0) is 29.2 Å². The van der Waals surface area contributed by atoms with Gasteiger partial charge < -0.3 is 5.11 Å². The Hall–Kier alpha value is -0.560. The van der Waals surface area contributed by atoms with Crippen molar-refractivity contribution in [1.29, 1.82) is 0 Å². The second-order valence-electron chi connectivity index (χ2n) is 6.44. The fourth-order valence-electron chi connectivity index (χ4n) is 2.54. The lowest BCUT2D eigenvalue weighted by molar-refractivity contribution is 0.219. The Morgan fingerprint density at radius 3 is 2.27 bits per heavy atom. The standard InChI is InChI=1S/C14H24O/c1-13(2,3)10-14(4,5)11-6-8-12(15)9-7-11/h6-8,12,15H,9-10H2,1-5H3/t12-/m1/s1. The largest absolute Gasteiger partial charge is 0.389 e. The summed E-state index contributed by atoms with van der Waals surface area (Å²) in [5.41, 5.74) is 1.91. The summed E-state index contributed by atoms with van der Waals surface area (Å²) >= 11 is 0. The molecule has 0 aliphatic heterocycles. The van der Waals surface area contributed by atoms with Crippen LogP contribution in [0.2, 0.25) is 0 Å². The fourth-order valence-corrected chi connectivity index (χ4v) is 2.54. The molecule has 0 bridgehead atoms. The second kappa shape index (κ2) is 4.13. The Balaban J connectivity index is 2.75. The highest BCUT2D eigenvalue weighted by atomic mass is 16.3. The van der Waals surface area contributed by atoms with E-state index in [1.165, 1.54) is 5.57 Å². The van der Waals surface area contributed by atoms with Gasteiger partial charge in [0.15, 0.2) is 0 Å². The maximum atomic E-state index is 9.39. The van der Waals surface area contributed by atoms with Crippen LogP contribution < -0.4 is 0 Å². The number of allylic oxidation sites excluding steroid dienone is 2. The van der Waals surface area contributed by atoms with Gasteiger partial charge in [-0.3, -0.25) is 0 Å². The monoisotopic (exact) mass is 208 g/mol.